The third-order valence-corrected chi connectivity index (χ3v) is 10.6. The minimum Gasteiger partial charge on any atom is -1.00 e. The maximum absolute atomic E-state index is 2.51. The second-order valence-electron chi connectivity index (χ2n) is 12.3. The predicted octanol–water partition coefficient (Wildman–Crippen LogP) is 5.40. The molecule has 0 radical (unpaired) electrons. The van der Waals surface area contributed by atoms with E-state index in [1.54, 1.807) is 23.5 Å². The summed E-state index contributed by atoms with van der Waals surface area (Å²) in [6, 6.07) is 44.2. The highest BCUT2D eigenvalue weighted by atomic mass is 127. The highest BCUT2D eigenvalue weighted by molar-refractivity contribution is 7.98. The molecule has 6 aromatic rings. The summed E-state index contributed by atoms with van der Waals surface area (Å²) >= 11 is 3.56. The molecule has 50 heavy (non-hydrogen) atoms. The summed E-state index contributed by atoms with van der Waals surface area (Å²) in [4.78, 5) is 2.59. The first kappa shape index (κ1) is 40.1. The molecule has 4 aromatic carbocycles. The minimum atomic E-state index is 0. The molecule has 2 heterocycles. The smallest absolute Gasteiger partial charge is 0.212 e. The molecular weight excluding hydrogens is 874 g/mol. The van der Waals surface area contributed by atoms with E-state index in [2.05, 4.69) is 167 Å². The van der Waals surface area contributed by atoms with Crippen LogP contribution < -0.4 is 57.1 Å². The Kier molecular flexibility index (Phi) is 16.9. The minimum absolute atomic E-state index is 0. The van der Waals surface area contributed by atoms with Crippen LogP contribution in [0.3, 0.4) is 0 Å². The zero-order valence-corrected chi connectivity index (χ0v) is 34.9. The van der Waals surface area contributed by atoms with E-state index >= 15 is 0 Å². The normalized spacial score (nSPS) is 11.3. The lowest BCUT2D eigenvalue weighted by atomic mass is 10.1. The number of hydrogen-bond acceptors (Lipinski definition) is 2. The van der Waals surface area contributed by atoms with Crippen molar-refractivity contribution in [3.8, 4) is 0 Å². The van der Waals surface area contributed by atoms with Crippen molar-refractivity contribution >= 4 is 69.6 Å². The van der Waals surface area contributed by atoms with E-state index in [0.717, 1.165) is 13.1 Å². The lowest BCUT2D eigenvalue weighted by Gasteiger charge is -2.07. The number of aryl methyl sites for hydroxylation is 2. The summed E-state index contributed by atoms with van der Waals surface area (Å²) in [5.74, 6) is 0. The highest BCUT2D eigenvalue weighted by Crippen LogP contribution is 2.19. The average molecular weight is 921 g/mol. The maximum Gasteiger partial charge on any atom is 0.212 e. The van der Waals surface area contributed by atoms with Gasteiger partial charge >= 0.3 is 0 Å². The van der Waals surface area contributed by atoms with Gasteiger partial charge in [-0.15, -0.1) is 23.5 Å². The zero-order valence-electron chi connectivity index (χ0n) is 29.0. The van der Waals surface area contributed by atoms with E-state index in [4.69, 9.17) is 0 Å². The summed E-state index contributed by atoms with van der Waals surface area (Å²) in [7, 11) is 0. The van der Waals surface area contributed by atoms with Crippen LogP contribution in [-0.2, 0) is 13.1 Å². The zero-order chi connectivity index (χ0) is 33.0. The molecule has 2 nitrogen and oxygen atoms in total. The van der Waals surface area contributed by atoms with Gasteiger partial charge in [-0.1, -0.05) is 61.4 Å². The molecule has 0 saturated heterocycles. The van der Waals surface area contributed by atoms with Crippen molar-refractivity contribution in [1.29, 1.82) is 0 Å². The van der Waals surface area contributed by atoms with Crippen LogP contribution in [0.15, 0.2) is 131 Å². The number of thioether (sulfide) groups is 2. The first-order chi connectivity index (χ1) is 23.7. The van der Waals surface area contributed by atoms with E-state index < -0.39 is 0 Å². The van der Waals surface area contributed by atoms with Crippen molar-refractivity contribution in [2.45, 2.75) is 61.4 Å². The van der Waals surface area contributed by atoms with Crippen LogP contribution >= 0.6 is 23.5 Å². The molecule has 0 N–H and O–H groups in total. The van der Waals surface area contributed by atoms with Crippen LogP contribution in [0.25, 0.3) is 46.1 Å². The van der Waals surface area contributed by atoms with Crippen LogP contribution in [-0.4, -0.2) is 12.5 Å². The first-order valence-electron chi connectivity index (χ1n) is 17.2. The Bertz CT molecular complexity index is 1860. The summed E-state index contributed by atoms with van der Waals surface area (Å²) in [5.41, 5.74) is 7.61. The van der Waals surface area contributed by atoms with Crippen molar-refractivity contribution in [2.75, 3.05) is 12.5 Å². The third kappa shape index (κ3) is 10.9. The number of nitrogens with zero attached hydrogens (tertiary/aromatic N) is 2. The first-order valence-corrected chi connectivity index (χ1v) is 19.6. The van der Waals surface area contributed by atoms with Gasteiger partial charge in [-0.2, -0.15) is 9.13 Å². The monoisotopic (exact) mass is 920 g/mol. The van der Waals surface area contributed by atoms with Crippen LogP contribution in [0.1, 0.15) is 61.0 Å². The van der Waals surface area contributed by atoms with E-state index in [9.17, 15) is 0 Å². The van der Waals surface area contributed by atoms with Gasteiger partial charge in [-0.25, -0.2) is 0 Å². The van der Waals surface area contributed by atoms with Gasteiger partial charge in [0.2, 0.25) is 22.4 Å². The number of unbranched alkanes of at least 4 members (excludes halogenated alkanes) is 5. The van der Waals surface area contributed by atoms with Gasteiger partial charge < -0.3 is 48.0 Å². The summed E-state index contributed by atoms with van der Waals surface area (Å²) in [6.07, 6.45) is 20.7. The van der Waals surface area contributed by atoms with E-state index in [1.165, 1.54) is 92.6 Å². The summed E-state index contributed by atoms with van der Waals surface area (Å²) in [5, 5.41) is 2.60. The number of para-hydroxylation sites is 2. The number of pyridine rings is 2. The molecule has 2 aromatic heterocycles. The summed E-state index contributed by atoms with van der Waals surface area (Å²) < 4.78 is 5.01. The highest BCUT2D eigenvalue weighted by Gasteiger charge is 2.15. The van der Waals surface area contributed by atoms with Crippen molar-refractivity contribution in [1.82, 2.24) is 0 Å². The standard InChI is InChI=1S/C44H46N2S2.2HI/c1-47-41-29-19-35(20-30-41)17-25-39-27-23-37-13-7-9-15-43(37)45(39)33-11-5-3-4-6-12-34-46-40(28-24-38-14-8-10-16-44(38)46)26-18-36-21-31-42(48-2)32-22-36;;/h7-10,13-32H,3-6,11-12,33-34H2,1-2H3;2*1H/q+2;;/p-2/b25-17+,26-18+;;. The summed E-state index contributed by atoms with van der Waals surface area (Å²) in [6.45, 7) is 2.07. The van der Waals surface area contributed by atoms with Gasteiger partial charge in [0.15, 0.2) is 0 Å². The molecule has 0 bridgehead atoms. The fourth-order valence-corrected chi connectivity index (χ4v) is 7.20. The van der Waals surface area contributed by atoms with Crippen molar-refractivity contribution < 1.29 is 57.1 Å². The molecule has 0 fully saturated rings. The second kappa shape index (κ2) is 21.0. The molecule has 0 atom stereocenters. The molecule has 258 valence electrons. The van der Waals surface area contributed by atoms with Gasteiger partial charge in [0.25, 0.3) is 0 Å². The fourth-order valence-electron chi connectivity index (χ4n) is 6.39. The SMILES string of the molecule is CSc1ccc(/C=C/c2ccc3ccccc3[n+]2CCCCCCCC[n+]2c(/C=C/c3ccc(SC)cc3)ccc3ccccc32)cc1.[I-].[I-]. The number of benzene rings is 4. The topological polar surface area (TPSA) is 7.76 Å². The molecule has 6 rings (SSSR count). The molecule has 0 aliphatic heterocycles. The second-order valence-corrected chi connectivity index (χ2v) is 14.0. The van der Waals surface area contributed by atoms with Crippen LogP contribution in [0.2, 0.25) is 0 Å². The number of fused-ring (bicyclic) bond motifs is 2. The lowest BCUT2D eigenvalue weighted by molar-refractivity contribution is -0.673. The number of hydrogen-bond donors (Lipinski definition) is 0. The van der Waals surface area contributed by atoms with Crippen molar-refractivity contribution in [2.24, 2.45) is 0 Å². The molecular formula is C44H46I2N2S2. The molecule has 0 aliphatic carbocycles. The van der Waals surface area contributed by atoms with Crippen molar-refractivity contribution in [3.05, 3.63) is 144 Å². The number of aromatic nitrogens is 2. The fraction of sp³-hybridized carbons (Fsp3) is 0.227. The molecule has 0 saturated carbocycles. The largest absolute Gasteiger partial charge is 1.00 e. The number of halogens is 2. The molecule has 6 heteroatoms. The van der Waals surface area contributed by atoms with Gasteiger partial charge in [0, 0.05) is 69.8 Å². The van der Waals surface area contributed by atoms with E-state index in [1.807, 2.05) is 0 Å². The van der Waals surface area contributed by atoms with Gasteiger partial charge in [0.1, 0.15) is 13.1 Å². The Morgan fingerprint density at radius 2 is 0.800 bits per heavy atom. The molecule has 0 spiro atoms. The molecule has 0 amide bonds. The van der Waals surface area contributed by atoms with E-state index in [0.29, 0.717) is 0 Å². The van der Waals surface area contributed by atoms with Gasteiger partial charge in [-0.05, 0) is 97.2 Å². The number of rotatable bonds is 15. The average Bonchev–Trinajstić information content (AvgIpc) is 3.15. The Labute approximate surface area is 341 Å². The van der Waals surface area contributed by atoms with Crippen LogP contribution in [0.4, 0.5) is 0 Å². The predicted molar refractivity (Wildman–Crippen MR) is 210 cm³/mol. The Balaban J connectivity index is 0.00000281. The van der Waals surface area contributed by atoms with Gasteiger partial charge in [-0.3, -0.25) is 0 Å². The van der Waals surface area contributed by atoms with Gasteiger partial charge in [0.05, 0.1) is 0 Å². The van der Waals surface area contributed by atoms with Crippen molar-refractivity contribution in [3.63, 3.8) is 0 Å². The van der Waals surface area contributed by atoms with Crippen LogP contribution in [0, 0.1) is 0 Å². The Hall–Kier alpha value is -2.66. The Morgan fingerprint density at radius 1 is 0.420 bits per heavy atom. The quantitative estimate of drug-likeness (QED) is 0.0591. The van der Waals surface area contributed by atoms with E-state index in [-0.39, 0.29) is 48.0 Å². The third-order valence-electron chi connectivity index (χ3n) is 9.08. The van der Waals surface area contributed by atoms with Crippen LogP contribution in [0.5, 0.6) is 0 Å². The molecule has 0 aliphatic rings. The molecule has 0 unspecified atom stereocenters. The lowest BCUT2D eigenvalue weighted by Crippen LogP contribution is -3.00. The maximum atomic E-state index is 2.51. The Morgan fingerprint density at radius 3 is 1.20 bits per heavy atom.